The molecule has 0 heterocycles. The second-order valence-corrected chi connectivity index (χ2v) is 5.66. The van der Waals surface area contributed by atoms with Gasteiger partial charge in [-0.25, -0.2) is 0 Å². The van der Waals surface area contributed by atoms with Gasteiger partial charge in [0.1, 0.15) is 5.41 Å². The zero-order valence-corrected chi connectivity index (χ0v) is 13.3. The molecule has 1 nitrogen and oxygen atoms in total. The van der Waals surface area contributed by atoms with Gasteiger partial charge in [-0.1, -0.05) is 90.7 Å². The summed E-state index contributed by atoms with van der Waals surface area (Å²) in [6.45, 7) is 0. The van der Waals surface area contributed by atoms with Crippen LogP contribution in [0.25, 0.3) is 0 Å². The third kappa shape index (κ3) is 3.54. The zero-order valence-electron chi connectivity index (χ0n) is 13.3. The molecule has 0 radical (unpaired) electrons. The van der Waals surface area contributed by atoms with Gasteiger partial charge >= 0.3 is 0 Å². The van der Waals surface area contributed by atoms with E-state index in [1.165, 1.54) is 0 Å². The molecule has 0 amide bonds. The fourth-order valence-electron chi connectivity index (χ4n) is 2.68. The third-order valence-corrected chi connectivity index (χ3v) is 3.96. The van der Waals surface area contributed by atoms with Crippen molar-refractivity contribution in [3.8, 4) is 17.9 Å². The molecule has 114 valence electrons. The highest BCUT2D eigenvalue weighted by molar-refractivity contribution is 5.48. The van der Waals surface area contributed by atoms with Crippen LogP contribution in [0.5, 0.6) is 0 Å². The minimum absolute atomic E-state index is 0.564. The Labute approximate surface area is 143 Å². The SMILES string of the molecule is N#CC(C#Cc1ccccc1)(Cc1ccccc1)c1ccccc1. The summed E-state index contributed by atoms with van der Waals surface area (Å²) in [5, 5.41) is 10.0. The van der Waals surface area contributed by atoms with Crippen molar-refractivity contribution in [1.82, 2.24) is 0 Å². The first-order valence-electron chi connectivity index (χ1n) is 7.91. The van der Waals surface area contributed by atoms with Crippen molar-refractivity contribution in [2.45, 2.75) is 11.8 Å². The van der Waals surface area contributed by atoms with E-state index in [4.69, 9.17) is 0 Å². The smallest absolute Gasteiger partial charge is 0.147 e. The Morgan fingerprint density at radius 3 is 1.83 bits per heavy atom. The van der Waals surface area contributed by atoms with Crippen molar-refractivity contribution in [3.05, 3.63) is 108 Å². The highest BCUT2D eigenvalue weighted by Crippen LogP contribution is 2.27. The molecule has 1 heteroatoms. The predicted octanol–water partition coefficient (Wildman–Crippen LogP) is 4.74. The molecule has 0 aliphatic rings. The van der Waals surface area contributed by atoms with Gasteiger partial charge in [-0.05, 0) is 23.3 Å². The van der Waals surface area contributed by atoms with Crippen LogP contribution in [0.2, 0.25) is 0 Å². The second kappa shape index (κ2) is 7.32. The largest absolute Gasteiger partial charge is 0.196 e. The van der Waals surface area contributed by atoms with Crippen LogP contribution < -0.4 is 0 Å². The predicted molar refractivity (Wildman–Crippen MR) is 97.2 cm³/mol. The maximum Gasteiger partial charge on any atom is 0.147 e. The lowest BCUT2D eigenvalue weighted by molar-refractivity contribution is 0.705. The summed E-state index contributed by atoms with van der Waals surface area (Å²) >= 11 is 0. The van der Waals surface area contributed by atoms with E-state index in [1.54, 1.807) is 0 Å². The Balaban J connectivity index is 2.07. The van der Waals surface area contributed by atoms with Gasteiger partial charge in [-0.3, -0.25) is 0 Å². The van der Waals surface area contributed by atoms with Crippen molar-refractivity contribution in [1.29, 1.82) is 5.26 Å². The first-order valence-corrected chi connectivity index (χ1v) is 7.91. The fourth-order valence-corrected chi connectivity index (χ4v) is 2.68. The van der Waals surface area contributed by atoms with E-state index < -0.39 is 5.41 Å². The molecule has 0 saturated carbocycles. The summed E-state index contributed by atoms with van der Waals surface area (Å²) in [5.41, 5.74) is 2.09. The summed E-state index contributed by atoms with van der Waals surface area (Å²) in [4.78, 5) is 0. The lowest BCUT2D eigenvalue weighted by Crippen LogP contribution is -2.25. The van der Waals surface area contributed by atoms with E-state index in [0.29, 0.717) is 6.42 Å². The van der Waals surface area contributed by atoms with Crippen LogP contribution in [0, 0.1) is 23.2 Å². The normalized spacial score (nSPS) is 12.3. The Bertz CT molecular complexity index is 881. The van der Waals surface area contributed by atoms with Gasteiger partial charge in [-0.2, -0.15) is 5.26 Å². The van der Waals surface area contributed by atoms with E-state index in [0.717, 1.165) is 16.7 Å². The molecule has 0 saturated heterocycles. The molecular weight excluding hydrogens is 290 g/mol. The van der Waals surface area contributed by atoms with E-state index >= 15 is 0 Å². The lowest BCUT2D eigenvalue weighted by atomic mass is 9.77. The maximum atomic E-state index is 10.0. The van der Waals surface area contributed by atoms with Gasteiger partial charge in [0.15, 0.2) is 0 Å². The lowest BCUT2D eigenvalue weighted by Gasteiger charge is -2.21. The van der Waals surface area contributed by atoms with Crippen molar-refractivity contribution >= 4 is 0 Å². The molecule has 0 aliphatic heterocycles. The molecule has 0 fully saturated rings. The van der Waals surface area contributed by atoms with Gasteiger partial charge in [-0.15, -0.1) is 0 Å². The van der Waals surface area contributed by atoms with E-state index in [1.807, 2.05) is 91.0 Å². The average molecular weight is 307 g/mol. The van der Waals surface area contributed by atoms with Crippen LogP contribution in [0.1, 0.15) is 16.7 Å². The molecule has 3 rings (SSSR count). The molecular formula is C23H17N. The van der Waals surface area contributed by atoms with Crippen molar-refractivity contribution in [2.75, 3.05) is 0 Å². The maximum absolute atomic E-state index is 10.0. The number of hydrogen-bond donors (Lipinski definition) is 0. The minimum atomic E-state index is -0.863. The molecule has 1 atom stereocenters. The van der Waals surface area contributed by atoms with Crippen molar-refractivity contribution < 1.29 is 0 Å². The summed E-state index contributed by atoms with van der Waals surface area (Å²) in [6.07, 6.45) is 0.564. The van der Waals surface area contributed by atoms with Crippen molar-refractivity contribution in [2.24, 2.45) is 0 Å². The Morgan fingerprint density at radius 2 is 1.25 bits per heavy atom. The van der Waals surface area contributed by atoms with Crippen LogP contribution in [0.4, 0.5) is 0 Å². The summed E-state index contributed by atoms with van der Waals surface area (Å²) in [6, 6.07) is 32.1. The quantitative estimate of drug-likeness (QED) is 0.641. The van der Waals surface area contributed by atoms with Gasteiger partial charge in [0.25, 0.3) is 0 Å². The molecule has 3 aromatic rings. The molecule has 3 aromatic carbocycles. The average Bonchev–Trinajstić information content (AvgIpc) is 2.67. The summed E-state index contributed by atoms with van der Waals surface area (Å²) < 4.78 is 0. The summed E-state index contributed by atoms with van der Waals surface area (Å²) in [5.74, 6) is 6.44. The van der Waals surface area contributed by atoms with E-state index in [9.17, 15) is 5.26 Å². The molecule has 0 bridgehead atoms. The van der Waals surface area contributed by atoms with Crippen LogP contribution in [0.15, 0.2) is 91.0 Å². The standard InChI is InChI=1S/C23H17N/c24-19-23(22-14-8-3-9-15-22,18-21-12-6-2-7-13-21)17-16-20-10-4-1-5-11-20/h1-15H,18H2. The number of nitriles is 1. The Hall–Kier alpha value is -3.29. The highest BCUT2D eigenvalue weighted by Gasteiger charge is 2.30. The van der Waals surface area contributed by atoms with Crippen LogP contribution in [-0.2, 0) is 11.8 Å². The van der Waals surface area contributed by atoms with Crippen LogP contribution in [0.3, 0.4) is 0 Å². The van der Waals surface area contributed by atoms with Gasteiger partial charge in [0.2, 0.25) is 0 Å². The van der Waals surface area contributed by atoms with Crippen LogP contribution in [-0.4, -0.2) is 0 Å². The second-order valence-electron chi connectivity index (χ2n) is 5.66. The fraction of sp³-hybridized carbons (Fsp3) is 0.0870. The van der Waals surface area contributed by atoms with Crippen LogP contribution >= 0.6 is 0 Å². The van der Waals surface area contributed by atoms with E-state index in [-0.39, 0.29) is 0 Å². The first kappa shape index (κ1) is 15.6. The molecule has 24 heavy (non-hydrogen) atoms. The number of nitrogens with zero attached hydrogens (tertiary/aromatic N) is 1. The van der Waals surface area contributed by atoms with Gasteiger partial charge < -0.3 is 0 Å². The zero-order chi connectivity index (χ0) is 16.7. The molecule has 0 spiro atoms. The number of rotatable bonds is 3. The third-order valence-electron chi connectivity index (χ3n) is 3.96. The molecule has 0 aliphatic carbocycles. The van der Waals surface area contributed by atoms with E-state index in [2.05, 4.69) is 17.9 Å². The summed E-state index contributed by atoms with van der Waals surface area (Å²) in [7, 11) is 0. The number of benzene rings is 3. The molecule has 1 unspecified atom stereocenters. The minimum Gasteiger partial charge on any atom is -0.196 e. The molecule has 0 aromatic heterocycles. The first-order chi connectivity index (χ1) is 11.8. The molecule has 0 N–H and O–H groups in total. The monoisotopic (exact) mass is 307 g/mol. The Morgan fingerprint density at radius 1 is 0.708 bits per heavy atom. The van der Waals surface area contributed by atoms with Gasteiger partial charge in [0.05, 0.1) is 6.07 Å². The number of hydrogen-bond acceptors (Lipinski definition) is 1. The van der Waals surface area contributed by atoms with Crippen molar-refractivity contribution in [3.63, 3.8) is 0 Å². The Kier molecular flexibility index (Phi) is 4.76. The topological polar surface area (TPSA) is 23.8 Å². The highest BCUT2D eigenvalue weighted by atomic mass is 14.4. The van der Waals surface area contributed by atoms with Gasteiger partial charge in [0, 0.05) is 12.0 Å².